The van der Waals surface area contributed by atoms with E-state index in [-0.39, 0.29) is 27.3 Å². The Morgan fingerprint density at radius 3 is 2.58 bits per heavy atom. The minimum Gasteiger partial charge on any atom is -0.489 e. The lowest BCUT2D eigenvalue weighted by atomic mass is 10.0. The molecule has 164 valence electrons. The fourth-order valence-electron chi connectivity index (χ4n) is 3.45. The van der Waals surface area contributed by atoms with Crippen LogP contribution in [0, 0.1) is 0 Å². The second-order valence-corrected chi connectivity index (χ2v) is 10.0. The molecule has 3 aromatic rings. The van der Waals surface area contributed by atoms with Crippen molar-refractivity contribution in [3.05, 3.63) is 65.4 Å². The van der Waals surface area contributed by atoms with E-state index in [9.17, 15) is 8.42 Å². The molecule has 0 saturated carbocycles. The molecule has 0 unspecified atom stereocenters. The highest BCUT2D eigenvalue weighted by molar-refractivity contribution is 7.93. The van der Waals surface area contributed by atoms with Crippen molar-refractivity contribution in [2.75, 3.05) is 17.8 Å². The summed E-state index contributed by atoms with van der Waals surface area (Å²) in [5.41, 5.74) is 7.48. The van der Waals surface area contributed by atoms with Gasteiger partial charge in [-0.25, -0.2) is 13.4 Å². The molecule has 8 nitrogen and oxygen atoms in total. The van der Waals surface area contributed by atoms with E-state index in [1.807, 2.05) is 30.3 Å². The van der Waals surface area contributed by atoms with E-state index in [0.717, 1.165) is 43.0 Å². The normalized spacial score (nSPS) is 16.7. The van der Waals surface area contributed by atoms with Gasteiger partial charge < -0.3 is 10.5 Å². The van der Waals surface area contributed by atoms with Crippen LogP contribution in [0.5, 0.6) is 5.75 Å². The lowest BCUT2D eigenvalue weighted by Crippen LogP contribution is -2.43. The molecular weight excluding hydrogens is 458 g/mol. The predicted molar refractivity (Wildman–Crippen MR) is 121 cm³/mol. The van der Waals surface area contributed by atoms with Gasteiger partial charge in [-0.2, -0.15) is 4.37 Å². The molecule has 31 heavy (non-hydrogen) atoms. The van der Waals surface area contributed by atoms with E-state index in [1.54, 1.807) is 6.07 Å². The average molecular weight is 480 g/mol. The van der Waals surface area contributed by atoms with Crippen LogP contribution in [0.3, 0.4) is 0 Å². The summed E-state index contributed by atoms with van der Waals surface area (Å²) in [7, 11) is -3.80. The third-order valence-electron chi connectivity index (χ3n) is 5.10. The fourth-order valence-corrected chi connectivity index (χ4v) is 5.43. The number of halogens is 1. The minimum absolute atomic E-state index is 0.0151. The Labute approximate surface area is 190 Å². The zero-order valence-electron chi connectivity index (χ0n) is 16.5. The monoisotopic (exact) mass is 479 g/mol. The summed E-state index contributed by atoms with van der Waals surface area (Å²) in [5.74, 6) is 0.460. The van der Waals surface area contributed by atoms with Crippen molar-refractivity contribution < 1.29 is 13.2 Å². The van der Waals surface area contributed by atoms with Crippen LogP contribution in [-0.4, -0.2) is 41.9 Å². The average Bonchev–Trinajstić information content (AvgIpc) is 3.28. The number of ether oxygens (including phenoxy) is 1. The molecule has 0 bridgehead atoms. The topological polar surface area (TPSA) is 110 Å². The Bertz CT molecular complexity index is 1110. The molecule has 2 aromatic carbocycles. The fraction of sp³-hybridized carbons (Fsp3) is 0.300. The van der Waals surface area contributed by atoms with Crippen molar-refractivity contribution in [2.45, 2.75) is 30.0 Å². The number of hydrogen-bond acceptors (Lipinski definition) is 8. The van der Waals surface area contributed by atoms with Crippen molar-refractivity contribution in [2.24, 2.45) is 5.73 Å². The molecule has 11 heteroatoms. The van der Waals surface area contributed by atoms with Crippen molar-refractivity contribution in [3.8, 4) is 5.75 Å². The van der Waals surface area contributed by atoms with Crippen molar-refractivity contribution in [1.29, 1.82) is 0 Å². The molecule has 0 amide bonds. The van der Waals surface area contributed by atoms with Crippen LogP contribution in [0.4, 0.5) is 5.13 Å². The highest BCUT2D eigenvalue weighted by Gasteiger charge is 2.26. The highest BCUT2D eigenvalue weighted by Crippen LogP contribution is 2.31. The minimum atomic E-state index is -3.80. The first-order valence-corrected chi connectivity index (χ1v) is 12.4. The standard InChI is InChI=1S/C20H22ClN5O3S2/c21-17-12-16(31(27,28)25-20-23-13-24-30-20)6-7-18(17)29-15-8-10-26(11-9-15)19(22)14-4-2-1-3-5-14/h1-7,12-13,15,19H,8-11,22H2,(H,23,24,25)/t19-/m1/s1. The Kier molecular flexibility index (Phi) is 6.73. The van der Waals surface area contributed by atoms with Gasteiger partial charge in [0.25, 0.3) is 10.0 Å². The maximum atomic E-state index is 12.5. The molecule has 1 fully saturated rings. The van der Waals surface area contributed by atoms with Gasteiger partial charge in [-0.3, -0.25) is 9.62 Å². The molecule has 0 spiro atoms. The summed E-state index contributed by atoms with van der Waals surface area (Å²) in [6.45, 7) is 1.60. The molecule has 2 heterocycles. The summed E-state index contributed by atoms with van der Waals surface area (Å²) in [6, 6.07) is 14.4. The second kappa shape index (κ2) is 9.49. The van der Waals surface area contributed by atoms with Gasteiger partial charge in [0.1, 0.15) is 18.2 Å². The van der Waals surface area contributed by atoms with Gasteiger partial charge in [-0.05, 0) is 36.6 Å². The van der Waals surface area contributed by atoms with Gasteiger partial charge in [-0.1, -0.05) is 41.9 Å². The van der Waals surface area contributed by atoms with Gasteiger partial charge >= 0.3 is 0 Å². The summed E-state index contributed by atoms with van der Waals surface area (Å²) < 4.78 is 37.2. The molecule has 0 aliphatic carbocycles. The number of sulfonamides is 1. The number of nitrogens with two attached hydrogens (primary N) is 1. The van der Waals surface area contributed by atoms with E-state index in [4.69, 9.17) is 22.1 Å². The number of rotatable bonds is 7. The predicted octanol–water partition coefficient (Wildman–Crippen LogP) is 3.49. The van der Waals surface area contributed by atoms with E-state index >= 15 is 0 Å². The number of anilines is 1. The zero-order chi connectivity index (χ0) is 21.8. The lowest BCUT2D eigenvalue weighted by molar-refractivity contribution is 0.0765. The molecule has 1 aliphatic heterocycles. The number of piperidine rings is 1. The maximum absolute atomic E-state index is 12.5. The SMILES string of the molecule is N[C@@H](c1ccccc1)N1CCC(Oc2ccc(S(=O)(=O)Nc3ncns3)cc2Cl)CC1. The largest absolute Gasteiger partial charge is 0.489 e. The van der Waals surface area contributed by atoms with E-state index in [1.165, 1.54) is 18.5 Å². The van der Waals surface area contributed by atoms with Crippen molar-refractivity contribution in [3.63, 3.8) is 0 Å². The molecule has 4 rings (SSSR count). The molecular formula is C20H22ClN5O3S2. The third kappa shape index (κ3) is 5.34. The number of hydrogen-bond donors (Lipinski definition) is 2. The quantitative estimate of drug-likeness (QED) is 0.533. The summed E-state index contributed by atoms with van der Waals surface area (Å²) in [5, 5.41) is 0.431. The zero-order valence-corrected chi connectivity index (χ0v) is 18.9. The van der Waals surface area contributed by atoms with Gasteiger partial charge in [-0.15, -0.1) is 0 Å². The Hall–Kier alpha value is -2.24. The van der Waals surface area contributed by atoms with E-state index in [2.05, 4.69) is 19.0 Å². The summed E-state index contributed by atoms with van der Waals surface area (Å²) >= 11 is 7.28. The number of nitrogens with one attached hydrogen (secondary N) is 1. The number of nitrogens with zero attached hydrogens (tertiary/aromatic N) is 3. The molecule has 1 aromatic heterocycles. The van der Waals surface area contributed by atoms with Crippen LogP contribution in [0.25, 0.3) is 0 Å². The molecule has 1 aliphatic rings. The van der Waals surface area contributed by atoms with Gasteiger partial charge in [0.15, 0.2) is 0 Å². The van der Waals surface area contributed by atoms with Crippen molar-refractivity contribution in [1.82, 2.24) is 14.3 Å². The third-order valence-corrected chi connectivity index (χ3v) is 7.44. The maximum Gasteiger partial charge on any atom is 0.263 e. The first-order valence-electron chi connectivity index (χ1n) is 9.72. The number of likely N-dealkylation sites (tertiary alicyclic amines) is 1. The number of benzene rings is 2. The molecule has 0 radical (unpaired) electrons. The van der Waals surface area contributed by atoms with Gasteiger partial charge in [0, 0.05) is 24.6 Å². The highest BCUT2D eigenvalue weighted by atomic mass is 35.5. The smallest absolute Gasteiger partial charge is 0.263 e. The van der Waals surface area contributed by atoms with Crippen LogP contribution in [0.1, 0.15) is 24.6 Å². The summed E-state index contributed by atoms with van der Waals surface area (Å²) in [4.78, 5) is 6.09. The summed E-state index contributed by atoms with van der Waals surface area (Å²) in [6.07, 6.45) is 2.73. The van der Waals surface area contributed by atoms with Crippen LogP contribution in [0.2, 0.25) is 5.02 Å². The van der Waals surface area contributed by atoms with Crippen LogP contribution in [-0.2, 0) is 10.0 Å². The van der Waals surface area contributed by atoms with E-state index in [0.29, 0.717) is 5.75 Å². The first-order chi connectivity index (χ1) is 14.9. The van der Waals surface area contributed by atoms with Crippen LogP contribution in [0.15, 0.2) is 59.8 Å². The Balaban J connectivity index is 1.36. The number of aromatic nitrogens is 2. The van der Waals surface area contributed by atoms with E-state index < -0.39 is 10.0 Å². The van der Waals surface area contributed by atoms with Gasteiger partial charge in [0.05, 0.1) is 16.1 Å². The van der Waals surface area contributed by atoms with Crippen LogP contribution >= 0.6 is 23.1 Å². The first kappa shape index (κ1) is 22.0. The molecule has 1 saturated heterocycles. The van der Waals surface area contributed by atoms with Crippen LogP contribution < -0.4 is 15.2 Å². The Morgan fingerprint density at radius 1 is 1.19 bits per heavy atom. The molecule has 3 N–H and O–H groups in total. The van der Waals surface area contributed by atoms with Gasteiger partial charge in [0.2, 0.25) is 5.13 Å². The lowest BCUT2D eigenvalue weighted by Gasteiger charge is -2.36. The van der Waals surface area contributed by atoms with Crippen molar-refractivity contribution >= 4 is 38.3 Å². The second-order valence-electron chi connectivity index (χ2n) is 7.15. The Morgan fingerprint density at radius 2 is 1.94 bits per heavy atom. The molecule has 1 atom stereocenters.